The Balaban J connectivity index is 1.92. The van der Waals surface area contributed by atoms with Crippen LogP contribution in [0.15, 0.2) is 23.0 Å². The van der Waals surface area contributed by atoms with Crippen LogP contribution in [0.3, 0.4) is 0 Å². The number of Topliss-reactive ketones (excluding diaryl/α,β-unsaturated/α-hetero) is 4. The van der Waals surface area contributed by atoms with Crippen molar-refractivity contribution in [2.45, 2.75) is 119 Å². The minimum atomic E-state index is -2.65. The molecule has 0 heterocycles. The molecule has 0 radical (unpaired) electrons. The summed E-state index contributed by atoms with van der Waals surface area (Å²) in [4.78, 5) is 53.6. The van der Waals surface area contributed by atoms with Gasteiger partial charge < -0.3 is 20.4 Å². The molecule has 3 aliphatic rings. The SMILES string of the molecule is CC(=O)C1=C(O)[C@]2(O)C(=O)C3=C(O)c4c(O)c(CCC(=O)CCC(C)(C)C)cc(C(C)C)c4C[C@]3(C)C[C@]2(C)C(C(C)C)C1=O. The number of hydrogen-bond acceptors (Lipinski definition) is 8. The molecule has 0 saturated heterocycles. The van der Waals surface area contributed by atoms with E-state index in [0.29, 0.717) is 17.5 Å². The van der Waals surface area contributed by atoms with Gasteiger partial charge in [0.05, 0.1) is 5.56 Å². The van der Waals surface area contributed by atoms with Crippen LogP contribution in [0.25, 0.3) is 5.76 Å². The highest BCUT2D eigenvalue weighted by Gasteiger charge is 2.72. The Kier molecular flexibility index (Phi) is 8.63. The molecule has 246 valence electrons. The van der Waals surface area contributed by atoms with E-state index in [4.69, 9.17) is 0 Å². The maximum atomic E-state index is 14.6. The second kappa shape index (κ2) is 11.2. The molecular weight excluding hydrogens is 572 g/mol. The third-order valence-corrected chi connectivity index (χ3v) is 10.6. The van der Waals surface area contributed by atoms with Crippen LogP contribution in [-0.4, -0.2) is 49.2 Å². The normalized spacial score (nSPS) is 28.4. The van der Waals surface area contributed by atoms with E-state index in [9.17, 15) is 39.6 Å². The highest BCUT2D eigenvalue weighted by Crippen LogP contribution is 2.65. The van der Waals surface area contributed by atoms with Crippen LogP contribution < -0.4 is 0 Å². The fraction of sp³-hybridized carbons (Fsp3) is 0.622. The summed E-state index contributed by atoms with van der Waals surface area (Å²) in [5, 5.41) is 47.1. The fourth-order valence-electron chi connectivity index (χ4n) is 8.49. The van der Waals surface area contributed by atoms with E-state index in [-0.39, 0.29) is 65.6 Å². The van der Waals surface area contributed by atoms with Crippen molar-refractivity contribution in [2.75, 3.05) is 0 Å². The van der Waals surface area contributed by atoms with Crippen molar-refractivity contribution in [2.24, 2.45) is 28.1 Å². The molecule has 0 aromatic heterocycles. The smallest absolute Gasteiger partial charge is 0.203 e. The van der Waals surface area contributed by atoms with Gasteiger partial charge in [-0.2, -0.15) is 0 Å². The Morgan fingerprint density at radius 1 is 1.02 bits per heavy atom. The Hall–Kier alpha value is -3.26. The van der Waals surface area contributed by atoms with Crippen LogP contribution in [0.5, 0.6) is 5.75 Å². The number of aliphatic hydroxyl groups excluding tert-OH is 2. The number of allylic oxidation sites excluding steroid dienone is 1. The average Bonchev–Trinajstić information content (AvgIpc) is 2.88. The number of carbonyl (C=O) groups excluding carboxylic acids is 4. The highest BCUT2D eigenvalue weighted by atomic mass is 16.3. The molecule has 1 aromatic carbocycles. The van der Waals surface area contributed by atoms with Crippen LogP contribution >= 0.6 is 0 Å². The third kappa shape index (κ3) is 5.27. The maximum absolute atomic E-state index is 14.6. The monoisotopic (exact) mass is 622 g/mol. The van der Waals surface area contributed by atoms with E-state index < -0.39 is 56.8 Å². The first-order valence-corrected chi connectivity index (χ1v) is 16.1. The number of hydrogen-bond donors (Lipinski definition) is 4. The average molecular weight is 623 g/mol. The standard InChI is InChI=1S/C37H50O8/c1-18(2)23-15-21(11-12-22(39)13-14-34(6,7)8)29(40)26-24(23)16-35(9)17-36(10)27(19(3)4)30(41)25(20(5)38)32(43)37(36,45)33(44)28(35)31(26)42/h15,18-19,27,40,42-43,45H,11-14,16-17H2,1-10H3/t27?,35-,36-,37+/m1/s1. The number of ketones is 4. The summed E-state index contributed by atoms with van der Waals surface area (Å²) in [6, 6.07) is 1.88. The molecule has 0 amide bonds. The zero-order chi connectivity index (χ0) is 34.2. The van der Waals surface area contributed by atoms with Crippen LogP contribution in [0.2, 0.25) is 0 Å². The molecule has 1 fully saturated rings. The number of rotatable bonds is 8. The molecule has 4 atom stereocenters. The molecule has 1 unspecified atom stereocenters. The lowest BCUT2D eigenvalue weighted by Crippen LogP contribution is -2.69. The summed E-state index contributed by atoms with van der Waals surface area (Å²) in [6.07, 6.45) is 1.90. The van der Waals surface area contributed by atoms with Gasteiger partial charge in [0.15, 0.2) is 17.2 Å². The summed E-state index contributed by atoms with van der Waals surface area (Å²) in [5.41, 5.74) is -3.83. The fourth-order valence-corrected chi connectivity index (χ4v) is 8.49. The predicted octanol–water partition coefficient (Wildman–Crippen LogP) is 6.64. The van der Waals surface area contributed by atoms with Gasteiger partial charge in [-0.1, -0.05) is 68.4 Å². The van der Waals surface area contributed by atoms with Crippen LogP contribution in [0.1, 0.15) is 123 Å². The van der Waals surface area contributed by atoms with Crippen LogP contribution in [-0.2, 0) is 32.0 Å². The van der Waals surface area contributed by atoms with Gasteiger partial charge >= 0.3 is 0 Å². The van der Waals surface area contributed by atoms with Crippen LogP contribution in [0.4, 0.5) is 0 Å². The van der Waals surface area contributed by atoms with Crippen molar-refractivity contribution in [3.05, 3.63) is 45.2 Å². The summed E-state index contributed by atoms with van der Waals surface area (Å²) < 4.78 is 0. The molecular formula is C37H50O8. The number of fused-ring (bicyclic) bond motifs is 3. The molecule has 3 aliphatic carbocycles. The largest absolute Gasteiger partial charge is 0.508 e. The highest BCUT2D eigenvalue weighted by molar-refractivity contribution is 6.24. The molecule has 8 nitrogen and oxygen atoms in total. The van der Waals surface area contributed by atoms with Gasteiger partial charge in [0.1, 0.15) is 28.6 Å². The van der Waals surface area contributed by atoms with Gasteiger partial charge in [-0.05, 0) is 66.5 Å². The van der Waals surface area contributed by atoms with Crippen molar-refractivity contribution in [1.82, 2.24) is 0 Å². The zero-order valence-electron chi connectivity index (χ0n) is 28.5. The van der Waals surface area contributed by atoms with E-state index in [1.54, 1.807) is 27.7 Å². The van der Waals surface area contributed by atoms with E-state index in [0.717, 1.165) is 18.9 Å². The number of aliphatic hydroxyl groups is 3. The molecule has 0 aliphatic heterocycles. The maximum Gasteiger partial charge on any atom is 0.203 e. The first kappa shape index (κ1) is 34.6. The van der Waals surface area contributed by atoms with Gasteiger partial charge in [0, 0.05) is 35.2 Å². The number of phenols is 1. The number of aromatic hydroxyl groups is 1. The minimum absolute atomic E-state index is 0.0152. The quantitative estimate of drug-likeness (QED) is 0.236. The van der Waals surface area contributed by atoms with Crippen molar-refractivity contribution < 1.29 is 39.6 Å². The molecule has 4 rings (SSSR count). The van der Waals surface area contributed by atoms with E-state index in [1.807, 2.05) is 19.9 Å². The molecule has 0 bridgehead atoms. The number of carbonyl (C=O) groups is 4. The van der Waals surface area contributed by atoms with Crippen molar-refractivity contribution in [3.63, 3.8) is 0 Å². The van der Waals surface area contributed by atoms with Gasteiger partial charge in [0.25, 0.3) is 0 Å². The third-order valence-electron chi connectivity index (χ3n) is 10.6. The van der Waals surface area contributed by atoms with E-state index in [1.165, 1.54) is 0 Å². The summed E-state index contributed by atoms with van der Waals surface area (Å²) >= 11 is 0. The lowest BCUT2D eigenvalue weighted by atomic mass is 9.43. The number of phenolic OH excluding ortho intramolecular Hbond substituents is 1. The second-order valence-corrected chi connectivity index (χ2v) is 16.0. The first-order chi connectivity index (χ1) is 20.5. The van der Waals surface area contributed by atoms with Crippen molar-refractivity contribution in [3.8, 4) is 5.75 Å². The minimum Gasteiger partial charge on any atom is -0.508 e. The predicted molar refractivity (Wildman–Crippen MR) is 172 cm³/mol. The van der Waals surface area contributed by atoms with Gasteiger partial charge in [-0.3, -0.25) is 19.2 Å². The lowest BCUT2D eigenvalue weighted by Gasteiger charge is -2.60. The Morgan fingerprint density at radius 3 is 2.13 bits per heavy atom. The Bertz CT molecular complexity index is 1550. The van der Waals surface area contributed by atoms with Gasteiger partial charge in [-0.25, -0.2) is 0 Å². The molecule has 45 heavy (non-hydrogen) atoms. The van der Waals surface area contributed by atoms with E-state index in [2.05, 4.69) is 20.8 Å². The van der Waals surface area contributed by atoms with Crippen LogP contribution in [0, 0.1) is 28.1 Å². The Morgan fingerprint density at radius 2 is 1.62 bits per heavy atom. The molecule has 1 saturated carbocycles. The van der Waals surface area contributed by atoms with Crippen molar-refractivity contribution in [1.29, 1.82) is 0 Å². The molecule has 0 spiro atoms. The summed E-state index contributed by atoms with van der Waals surface area (Å²) in [6.45, 7) is 18.3. The van der Waals surface area contributed by atoms with Gasteiger partial charge in [-0.15, -0.1) is 0 Å². The lowest BCUT2D eigenvalue weighted by molar-refractivity contribution is -0.178. The molecule has 8 heteroatoms. The van der Waals surface area contributed by atoms with Gasteiger partial charge in [0.2, 0.25) is 5.78 Å². The zero-order valence-corrected chi connectivity index (χ0v) is 28.5. The van der Waals surface area contributed by atoms with Crippen molar-refractivity contribution >= 4 is 28.9 Å². The number of aryl methyl sites for hydroxylation is 1. The molecule has 1 aromatic rings. The number of benzene rings is 1. The summed E-state index contributed by atoms with van der Waals surface area (Å²) in [7, 11) is 0. The first-order valence-electron chi connectivity index (χ1n) is 16.1. The molecule has 4 N–H and O–H groups in total. The Labute approximate surface area is 266 Å². The summed E-state index contributed by atoms with van der Waals surface area (Å²) in [5.74, 6) is -5.33. The topological polar surface area (TPSA) is 149 Å². The van der Waals surface area contributed by atoms with E-state index >= 15 is 0 Å². The second-order valence-electron chi connectivity index (χ2n) is 16.0.